The van der Waals surface area contributed by atoms with Crippen molar-refractivity contribution >= 4 is 5.91 Å². The third-order valence-electron chi connectivity index (χ3n) is 4.43. The first kappa shape index (κ1) is 20.8. The fourth-order valence-corrected chi connectivity index (χ4v) is 3.08. The van der Waals surface area contributed by atoms with E-state index in [9.17, 15) is 4.79 Å². The molecule has 2 N–H and O–H groups in total. The van der Waals surface area contributed by atoms with Gasteiger partial charge in [-0.1, -0.05) is 30.3 Å². The number of amides is 1. The third kappa shape index (κ3) is 6.00. The van der Waals surface area contributed by atoms with Gasteiger partial charge in [-0.25, -0.2) is 0 Å². The van der Waals surface area contributed by atoms with Crippen LogP contribution in [0.1, 0.15) is 36.2 Å². The molecule has 1 amide bonds. The van der Waals surface area contributed by atoms with Crippen LogP contribution in [-0.4, -0.2) is 43.7 Å². The van der Waals surface area contributed by atoms with E-state index in [1.54, 1.807) is 17.0 Å². The Morgan fingerprint density at radius 3 is 2.15 bits per heavy atom. The summed E-state index contributed by atoms with van der Waals surface area (Å²) in [4.78, 5) is 14.9. The van der Waals surface area contributed by atoms with Gasteiger partial charge >= 0.3 is 0 Å². The van der Waals surface area contributed by atoms with Crippen LogP contribution in [0.2, 0.25) is 0 Å². The maximum Gasteiger partial charge on any atom is 0.254 e. The van der Waals surface area contributed by atoms with Crippen LogP contribution in [0.3, 0.4) is 0 Å². The summed E-state index contributed by atoms with van der Waals surface area (Å²) in [7, 11) is 1.83. The van der Waals surface area contributed by atoms with Gasteiger partial charge in [-0.15, -0.1) is 0 Å². The Kier molecular flexibility index (Phi) is 8.14. The summed E-state index contributed by atoms with van der Waals surface area (Å²) in [6.45, 7) is 5.42. The molecule has 0 radical (unpaired) electrons. The van der Waals surface area contributed by atoms with Crippen molar-refractivity contribution in [3.05, 3.63) is 59.7 Å². The monoisotopic (exact) mass is 370 g/mol. The number of likely N-dealkylation sites (N-methyl/N-ethyl adjacent to an activating group) is 1. The molecule has 1 atom stereocenters. The molecule has 2 aromatic carbocycles. The van der Waals surface area contributed by atoms with Gasteiger partial charge in [0.05, 0.1) is 13.2 Å². The van der Waals surface area contributed by atoms with E-state index >= 15 is 0 Å². The minimum absolute atomic E-state index is 0.0243. The lowest BCUT2D eigenvalue weighted by atomic mass is 10.0. The Morgan fingerprint density at radius 1 is 1.04 bits per heavy atom. The van der Waals surface area contributed by atoms with E-state index in [1.165, 1.54) is 5.56 Å². The zero-order chi connectivity index (χ0) is 19.6. The Morgan fingerprint density at radius 2 is 1.63 bits per heavy atom. The van der Waals surface area contributed by atoms with Gasteiger partial charge in [-0.2, -0.15) is 0 Å². The first-order chi connectivity index (χ1) is 13.1. The Labute approximate surface area is 162 Å². The average molecular weight is 370 g/mol. The number of benzene rings is 2. The second-order valence-electron chi connectivity index (χ2n) is 6.40. The highest BCUT2D eigenvalue weighted by molar-refractivity contribution is 5.95. The second kappa shape index (κ2) is 10.6. The molecular weight excluding hydrogens is 340 g/mol. The summed E-state index contributed by atoms with van der Waals surface area (Å²) < 4.78 is 11.2. The summed E-state index contributed by atoms with van der Waals surface area (Å²) >= 11 is 0. The van der Waals surface area contributed by atoms with E-state index < -0.39 is 0 Å². The highest BCUT2D eigenvalue weighted by atomic mass is 16.5. The lowest BCUT2D eigenvalue weighted by Crippen LogP contribution is -2.39. The van der Waals surface area contributed by atoms with Crippen LogP contribution >= 0.6 is 0 Å². The molecule has 0 aromatic heterocycles. The van der Waals surface area contributed by atoms with Crippen LogP contribution in [0.25, 0.3) is 0 Å². The van der Waals surface area contributed by atoms with Crippen molar-refractivity contribution in [2.75, 3.05) is 26.8 Å². The van der Waals surface area contributed by atoms with Gasteiger partial charge < -0.3 is 20.1 Å². The standard InChI is InChI=1S/C22H30N2O3/c1-4-26-20-14-18(15-21(16-20)27-5-2)22(25)24(3)19(11-12-23)13-17-9-7-6-8-10-17/h6-10,14-16,19H,4-5,11-13,23H2,1-3H3. The van der Waals surface area contributed by atoms with Crippen LogP contribution in [0.15, 0.2) is 48.5 Å². The fourth-order valence-electron chi connectivity index (χ4n) is 3.08. The first-order valence-corrected chi connectivity index (χ1v) is 9.50. The van der Waals surface area contributed by atoms with Crippen molar-refractivity contribution in [2.45, 2.75) is 32.7 Å². The van der Waals surface area contributed by atoms with Crippen LogP contribution in [0.4, 0.5) is 0 Å². The van der Waals surface area contributed by atoms with Crippen LogP contribution in [-0.2, 0) is 6.42 Å². The molecular formula is C22H30N2O3. The molecule has 0 aliphatic carbocycles. The molecule has 0 saturated carbocycles. The molecule has 0 heterocycles. The number of hydrogen-bond donors (Lipinski definition) is 1. The molecule has 5 nitrogen and oxygen atoms in total. The molecule has 2 rings (SSSR count). The Hall–Kier alpha value is -2.53. The highest BCUT2D eigenvalue weighted by Gasteiger charge is 2.22. The quantitative estimate of drug-likeness (QED) is 0.695. The van der Waals surface area contributed by atoms with E-state index in [0.717, 1.165) is 12.8 Å². The molecule has 146 valence electrons. The lowest BCUT2D eigenvalue weighted by Gasteiger charge is -2.28. The van der Waals surface area contributed by atoms with Gasteiger partial charge in [0.2, 0.25) is 0 Å². The van der Waals surface area contributed by atoms with Crippen molar-refractivity contribution in [1.82, 2.24) is 4.90 Å². The van der Waals surface area contributed by atoms with Crippen molar-refractivity contribution in [1.29, 1.82) is 0 Å². The van der Waals surface area contributed by atoms with Crippen LogP contribution in [0, 0.1) is 0 Å². The number of carbonyl (C=O) groups excluding carboxylic acids is 1. The molecule has 0 aliphatic rings. The highest BCUT2D eigenvalue weighted by Crippen LogP contribution is 2.25. The second-order valence-corrected chi connectivity index (χ2v) is 6.40. The normalized spacial score (nSPS) is 11.7. The predicted molar refractivity (Wildman–Crippen MR) is 108 cm³/mol. The summed E-state index contributed by atoms with van der Waals surface area (Å²) in [5.74, 6) is 1.21. The molecule has 0 bridgehead atoms. The van der Waals surface area contributed by atoms with Gasteiger partial charge in [-0.05, 0) is 50.9 Å². The summed E-state index contributed by atoms with van der Waals surface area (Å²) in [6, 6.07) is 15.5. The number of nitrogens with two attached hydrogens (primary N) is 1. The first-order valence-electron chi connectivity index (χ1n) is 9.50. The summed E-state index contributed by atoms with van der Waals surface area (Å²) in [6.07, 6.45) is 1.50. The van der Waals surface area contributed by atoms with E-state index in [1.807, 2.05) is 45.2 Å². The zero-order valence-electron chi connectivity index (χ0n) is 16.5. The number of ether oxygens (including phenoxy) is 2. The van der Waals surface area contributed by atoms with Gasteiger partial charge in [0, 0.05) is 24.7 Å². The van der Waals surface area contributed by atoms with Crippen LogP contribution in [0.5, 0.6) is 11.5 Å². The van der Waals surface area contributed by atoms with Crippen LogP contribution < -0.4 is 15.2 Å². The molecule has 27 heavy (non-hydrogen) atoms. The topological polar surface area (TPSA) is 64.8 Å². The van der Waals surface area contributed by atoms with Gasteiger partial charge in [0.15, 0.2) is 0 Å². The number of hydrogen-bond acceptors (Lipinski definition) is 4. The molecule has 0 saturated heterocycles. The molecule has 0 aliphatic heterocycles. The van der Waals surface area contributed by atoms with E-state index in [2.05, 4.69) is 12.1 Å². The van der Waals surface area contributed by atoms with E-state index in [-0.39, 0.29) is 11.9 Å². The maximum atomic E-state index is 13.1. The predicted octanol–water partition coefficient (Wildman–Crippen LogP) is 3.52. The van der Waals surface area contributed by atoms with E-state index in [0.29, 0.717) is 36.8 Å². The average Bonchev–Trinajstić information content (AvgIpc) is 2.67. The van der Waals surface area contributed by atoms with Crippen molar-refractivity contribution < 1.29 is 14.3 Å². The largest absolute Gasteiger partial charge is 0.494 e. The van der Waals surface area contributed by atoms with Gasteiger partial charge in [0.25, 0.3) is 5.91 Å². The fraction of sp³-hybridized carbons (Fsp3) is 0.409. The molecule has 0 spiro atoms. The van der Waals surface area contributed by atoms with E-state index in [4.69, 9.17) is 15.2 Å². The smallest absolute Gasteiger partial charge is 0.254 e. The van der Waals surface area contributed by atoms with Crippen molar-refractivity contribution in [3.8, 4) is 11.5 Å². The summed E-state index contributed by atoms with van der Waals surface area (Å²) in [5, 5.41) is 0. The summed E-state index contributed by atoms with van der Waals surface area (Å²) in [5.41, 5.74) is 7.56. The number of rotatable bonds is 10. The molecule has 5 heteroatoms. The number of nitrogens with zero attached hydrogens (tertiary/aromatic N) is 1. The molecule has 0 fully saturated rings. The minimum atomic E-state index is -0.0631. The molecule has 2 aromatic rings. The lowest BCUT2D eigenvalue weighted by molar-refractivity contribution is 0.0724. The van der Waals surface area contributed by atoms with Gasteiger partial charge in [-0.3, -0.25) is 4.79 Å². The SMILES string of the molecule is CCOc1cc(OCC)cc(C(=O)N(C)C(CCN)Cc2ccccc2)c1. The molecule has 1 unspecified atom stereocenters. The third-order valence-corrected chi connectivity index (χ3v) is 4.43. The minimum Gasteiger partial charge on any atom is -0.494 e. The Bertz CT molecular complexity index is 695. The van der Waals surface area contributed by atoms with Gasteiger partial charge in [0.1, 0.15) is 11.5 Å². The zero-order valence-corrected chi connectivity index (χ0v) is 16.5. The number of carbonyl (C=O) groups is 1. The van der Waals surface area contributed by atoms with Crippen molar-refractivity contribution in [2.24, 2.45) is 5.73 Å². The van der Waals surface area contributed by atoms with Crippen molar-refractivity contribution in [3.63, 3.8) is 0 Å². The maximum absolute atomic E-state index is 13.1. The Balaban J connectivity index is 2.24.